The van der Waals surface area contributed by atoms with Crippen LogP contribution in [0.3, 0.4) is 0 Å². The van der Waals surface area contributed by atoms with Crippen LogP contribution in [0.1, 0.15) is 37.9 Å². The summed E-state index contributed by atoms with van der Waals surface area (Å²) in [5.74, 6) is 0.346. The number of anilines is 3. The summed E-state index contributed by atoms with van der Waals surface area (Å²) in [6.07, 6.45) is 8.06. The van der Waals surface area contributed by atoms with E-state index in [0.717, 1.165) is 43.7 Å². The Labute approximate surface area is 398 Å². The van der Waals surface area contributed by atoms with Crippen LogP contribution >= 0.6 is 23.2 Å². The van der Waals surface area contributed by atoms with Crippen LogP contribution in [0.5, 0.6) is 0 Å². The van der Waals surface area contributed by atoms with Crippen molar-refractivity contribution in [3.63, 3.8) is 0 Å². The van der Waals surface area contributed by atoms with E-state index in [2.05, 4.69) is 53.2 Å². The van der Waals surface area contributed by atoms with Gasteiger partial charge in [0.2, 0.25) is 5.91 Å². The molecule has 360 valence electrons. The SMILES string of the molecule is CC1(NCc2cn(CCOCCOCCOCCOCCOCCNc3cccc4cnn(C5CC(C=O)CNC5=O)c(=O)c34)nn2)CCN(c2cnc(-c3cccc(Cl)c3Cl)c(N)n2)CC1. The molecule has 2 aliphatic rings. The van der Waals surface area contributed by atoms with Gasteiger partial charge in [0.05, 0.1) is 106 Å². The Kier molecular flexibility index (Phi) is 18.2. The molecule has 20 nitrogen and oxygen atoms in total. The first-order valence-electron chi connectivity index (χ1n) is 22.4. The van der Waals surface area contributed by atoms with Gasteiger partial charge in [-0.3, -0.25) is 9.59 Å². The van der Waals surface area contributed by atoms with Gasteiger partial charge in [0.25, 0.3) is 5.56 Å². The molecule has 2 saturated heterocycles. The van der Waals surface area contributed by atoms with Gasteiger partial charge in [-0.15, -0.1) is 5.10 Å². The molecule has 0 spiro atoms. The highest BCUT2D eigenvalue weighted by atomic mass is 35.5. The molecule has 5 heterocycles. The molecule has 5 aromatic rings. The Morgan fingerprint density at radius 3 is 2.30 bits per heavy atom. The van der Waals surface area contributed by atoms with Gasteiger partial charge in [0.15, 0.2) is 5.82 Å². The first-order valence-corrected chi connectivity index (χ1v) is 23.2. The van der Waals surface area contributed by atoms with Crippen molar-refractivity contribution in [3.8, 4) is 11.3 Å². The summed E-state index contributed by atoms with van der Waals surface area (Å²) < 4.78 is 31.1. The number of nitrogens with zero attached hydrogens (tertiary/aromatic N) is 8. The van der Waals surface area contributed by atoms with Crippen LogP contribution in [0.25, 0.3) is 22.0 Å². The number of nitrogens with two attached hydrogens (primary N) is 1. The van der Waals surface area contributed by atoms with Crippen LogP contribution in [-0.2, 0) is 46.4 Å². The largest absolute Gasteiger partial charge is 0.382 e. The van der Waals surface area contributed by atoms with Gasteiger partial charge < -0.3 is 55.1 Å². The van der Waals surface area contributed by atoms with E-state index in [0.29, 0.717) is 129 Å². The van der Waals surface area contributed by atoms with Crippen LogP contribution in [0.4, 0.5) is 17.3 Å². The van der Waals surface area contributed by atoms with Gasteiger partial charge in [-0.2, -0.15) is 5.10 Å². The van der Waals surface area contributed by atoms with Gasteiger partial charge in [-0.05, 0) is 38.3 Å². The van der Waals surface area contributed by atoms with E-state index < -0.39 is 11.6 Å². The van der Waals surface area contributed by atoms with Crippen molar-refractivity contribution < 1.29 is 33.3 Å². The lowest BCUT2D eigenvalue weighted by atomic mass is 9.89. The molecular formula is C45H58Cl2N12O8. The minimum atomic E-state index is -0.845. The lowest BCUT2D eigenvalue weighted by Gasteiger charge is -2.40. The molecule has 1 amide bonds. The number of ether oxygens (including phenoxy) is 5. The maximum absolute atomic E-state index is 13.4. The quantitative estimate of drug-likeness (QED) is 0.0458. The molecule has 2 aromatic carbocycles. The van der Waals surface area contributed by atoms with Gasteiger partial charge in [0.1, 0.15) is 23.8 Å². The van der Waals surface area contributed by atoms with Gasteiger partial charge >= 0.3 is 0 Å². The third-order valence-electron chi connectivity index (χ3n) is 11.7. The number of amides is 1. The molecule has 0 aliphatic carbocycles. The predicted molar refractivity (Wildman–Crippen MR) is 253 cm³/mol. The molecule has 67 heavy (non-hydrogen) atoms. The summed E-state index contributed by atoms with van der Waals surface area (Å²) in [6.45, 7) is 10.1. The zero-order valence-corrected chi connectivity index (χ0v) is 39.1. The number of nitrogens with one attached hydrogen (secondary N) is 3. The number of nitrogen functional groups attached to an aromatic ring is 1. The summed E-state index contributed by atoms with van der Waals surface area (Å²) in [6, 6.07) is 9.92. The molecule has 0 radical (unpaired) electrons. The van der Waals surface area contributed by atoms with Crippen molar-refractivity contribution in [3.05, 3.63) is 81.1 Å². The van der Waals surface area contributed by atoms with Crippen molar-refractivity contribution >= 4 is 63.5 Å². The number of piperidine rings is 2. The second-order valence-electron chi connectivity index (χ2n) is 16.5. The van der Waals surface area contributed by atoms with Crippen LogP contribution < -0.4 is 32.1 Å². The number of halogens is 2. The molecule has 5 N–H and O–H groups in total. The number of aromatic nitrogens is 7. The standard InChI is InChI=1S/C45H58Cl2N12O8/c1-45(8-11-57(12-9-45)38-28-50-41(42(48)54-38)34-5-3-6-35(46)40(34)47)52-27-33-29-58(56-55-33)13-15-64-17-19-66-21-23-67-22-20-65-18-16-63-14-10-49-36-7-2-4-32-26-53-59(44(62)39(32)36)37-24-31(30-60)25-51-43(37)61/h2-7,26,28-31,37,49,52H,8-25,27H2,1H3,(H2,48,54)(H,51,61). The first-order chi connectivity index (χ1) is 32.6. The molecule has 2 fully saturated rings. The van der Waals surface area contributed by atoms with Gasteiger partial charge in [-0.1, -0.05) is 52.7 Å². The van der Waals surface area contributed by atoms with Crippen molar-refractivity contribution in [1.82, 2.24) is 45.4 Å². The van der Waals surface area contributed by atoms with Crippen molar-refractivity contribution in [2.24, 2.45) is 5.92 Å². The number of hydrogen-bond donors (Lipinski definition) is 4. The third-order valence-corrected chi connectivity index (χ3v) is 12.5. The van der Waals surface area contributed by atoms with Crippen LogP contribution in [-0.4, -0.2) is 145 Å². The normalized spacial score (nSPS) is 17.2. The molecule has 3 aromatic heterocycles. The number of benzene rings is 2. The smallest absolute Gasteiger partial charge is 0.277 e. The molecule has 2 unspecified atom stereocenters. The molecule has 2 atom stereocenters. The monoisotopic (exact) mass is 964 g/mol. The topological polar surface area (TPSA) is 237 Å². The molecule has 7 rings (SSSR count). The number of aldehydes is 1. The maximum Gasteiger partial charge on any atom is 0.277 e. The molecular weight excluding hydrogens is 907 g/mol. The van der Waals surface area contributed by atoms with Crippen LogP contribution in [0.2, 0.25) is 10.0 Å². The summed E-state index contributed by atoms with van der Waals surface area (Å²) in [4.78, 5) is 48.7. The Balaban J connectivity index is 0.669. The maximum atomic E-state index is 13.4. The lowest BCUT2D eigenvalue weighted by molar-refractivity contribution is -0.128. The Bertz CT molecular complexity index is 2470. The zero-order valence-electron chi connectivity index (χ0n) is 37.5. The first kappa shape index (κ1) is 49.6. The number of fused-ring (bicyclic) bond motifs is 1. The fourth-order valence-corrected chi connectivity index (χ4v) is 8.19. The van der Waals surface area contributed by atoms with Gasteiger partial charge in [0, 0.05) is 67.0 Å². The molecule has 0 bridgehead atoms. The highest BCUT2D eigenvalue weighted by Gasteiger charge is 2.33. The minimum absolute atomic E-state index is 0.0751. The number of hydrogen-bond acceptors (Lipinski definition) is 17. The van der Waals surface area contributed by atoms with Crippen LogP contribution in [0, 0.1) is 5.92 Å². The second kappa shape index (κ2) is 24.6. The van der Waals surface area contributed by atoms with E-state index in [1.165, 1.54) is 4.68 Å². The number of rotatable bonds is 26. The van der Waals surface area contributed by atoms with Gasteiger partial charge in [-0.25, -0.2) is 19.3 Å². The fourth-order valence-electron chi connectivity index (χ4n) is 7.80. The van der Waals surface area contributed by atoms with E-state index in [1.54, 1.807) is 35.3 Å². The highest BCUT2D eigenvalue weighted by molar-refractivity contribution is 6.43. The predicted octanol–water partition coefficient (Wildman–Crippen LogP) is 3.55. The average Bonchev–Trinajstić information content (AvgIpc) is 3.80. The summed E-state index contributed by atoms with van der Waals surface area (Å²) >= 11 is 12.6. The van der Waals surface area contributed by atoms with Crippen molar-refractivity contribution in [1.29, 1.82) is 0 Å². The van der Waals surface area contributed by atoms with E-state index in [9.17, 15) is 14.4 Å². The van der Waals surface area contributed by atoms with Crippen molar-refractivity contribution in [2.75, 3.05) is 108 Å². The van der Waals surface area contributed by atoms with E-state index in [-0.39, 0.29) is 30.3 Å². The van der Waals surface area contributed by atoms with E-state index in [1.807, 2.05) is 24.4 Å². The lowest BCUT2D eigenvalue weighted by Crippen LogP contribution is -2.51. The van der Waals surface area contributed by atoms with E-state index in [4.69, 9.17) is 52.6 Å². The van der Waals surface area contributed by atoms with E-state index >= 15 is 0 Å². The summed E-state index contributed by atoms with van der Waals surface area (Å²) in [7, 11) is 0. The molecule has 2 aliphatic heterocycles. The summed E-state index contributed by atoms with van der Waals surface area (Å²) in [5.41, 5.74) is 8.48. The average molecular weight is 966 g/mol. The van der Waals surface area contributed by atoms with Crippen LogP contribution in [0.15, 0.2) is 59.8 Å². The van der Waals surface area contributed by atoms with Crippen molar-refractivity contribution in [2.45, 2.75) is 50.9 Å². The second-order valence-corrected chi connectivity index (χ2v) is 17.3. The number of carbonyl (C=O) groups excluding carboxylic acids is 2. The molecule has 0 saturated carbocycles. The highest BCUT2D eigenvalue weighted by Crippen LogP contribution is 2.35. The summed E-state index contributed by atoms with van der Waals surface area (Å²) in [5, 5.41) is 24.3. The third kappa shape index (κ3) is 13.7. The zero-order chi connectivity index (χ0) is 47.0. The molecule has 22 heteroatoms. The fraction of sp³-hybridized carbons (Fsp3) is 0.511. The Morgan fingerprint density at radius 1 is 0.910 bits per heavy atom. The minimum Gasteiger partial charge on any atom is -0.382 e. The Morgan fingerprint density at radius 2 is 1.60 bits per heavy atom. The Hall–Kier alpha value is -5.32. The number of carbonyl (C=O) groups is 2.